The van der Waals surface area contributed by atoms with E-state index in [2.05, 4.69) is 53.2 Å². The Hall–Kier alpha value is -1.22. The summed E-state index contributed by atoms with van der Waals surface area (Å²) in [6, 6.07) is 12.5. The number of ether oxygens (including phenoxy) is 2. The van der Waals surface area contributed by atoms with Crippen molar-refractivity contribution in [3.63, 3.8) is 0 Å². The lowest BCUT2D eigenvalue weighted by Gasteiger charge is -2.13. The first-order chi connectivity index (χ1) is 12.4. The van der Waals surface area contributed by atoms with Crippen molar-refractivity contribution in [1.29, 1.82) is 0 Å². The number of unbranched alkanes of at least 4 members (excludes halogenated alkanes) is 6. The van der Waals surface area contributed by atoms with Crippen molar-refractivity contribution in [3.8, 4) is 11.5 Å². The number of hydrogen-bond donors (Lipinski definition) is 0. The molecule has 0 fully saturated rings. The van der Waals surface area contributed by atoms with Gasteiger partial charge in [0.05, 0.1) is 13.2 Å². The highest BCUT2D eigenvalue weighted by molar-refractivity contribution is 9.09. The van der Waals surface area contributed by atoms with Crippen LogP contribution in [0, 0.1) is 0 Å². The number of hydrogen-bond acceptors (Lipinski definition) is 2. The lowest BCUT2D eigenvalue weighted by molar-refractivity contribution is 0.303. The molecule has 2 nitrogen and oxygen atoms in total. The minimum absolute atomic E-state index is 0.774. The molecule has 0 radical (unpaired) electrons. The molecule has 0 aromatic heterocycles. The number of rotatable bonds is 13. The predicted molar refractivity (Wildman–Crippen MR) is 111 cm³/mol. The van der Waals surface area contributed by atoms with Gasteiger partial charge in [0, 0.05) is 16.1 Å². The average Bonchev–Trinajstić information content (AvgIpc) is 2.65. The van der Waals surface area contributed by atoms with E-state index < -0.39 is 0 Å². The maximum atomic E-state index is 6.06. The quantitative estimate of drug-likeness (QED) is 0.260. The Bertz CT molecular complexity index is 612. The molecule has 0 N–H and O–H groups in total. The van der Waals surface area contributed by atoms with Crippen molar-refractivity contribution in [2.24, 2.45) is 0 Å². The molecule has 2 aromatic carbocycles. The molecule has 0 saturated carbocycles. The van der Waals surface area contributed by atoms with Crippen LogP contribution in [0.5, 0.6) is 11.5 Å². The zero-order valence-corrected chi connectivity index (χ0v) is 17.0. The summed E-state index contributed by atoms with van der Waals surface area (Å²) in [5.41, 5.74) is 0. The second-order valence-electron chi connectivity index (χ2n) is 6.47. The van der Waals surface area contributed by atoms with Gasteiger partial charge in [0.25, 0.3) is 0 Å². The average molecular weight is 407 g/mol. The Morgan fingerprint density at radius 2 is 1.20 bits per heavy atom. The molecule has 0 saturated heterocycles. The Morgan fingerprint density at radius 1 is 0.680 bits per heavy atom. The van der Waals surface area contributed by atoms with Gasteiger partial charge < -0.3 is 9.47 Å². The van der Waals surface area contributed by atoms with E-state index in [4.69, 9.17) is 9.47 Å². The van der Waals surface area contributed by atoms with E-state index in [0.717, 1.165) is 60.1 Å². The van der Waals surface area contributed by atoms with Gasteiger partial charge in [0.2, 0.25) is 0 Å². The first kappa shape index (κ1) is 20.1. The van der Waals surface area contributed by atoms with Gasteiger partial charge in [-0.1, -0.05) is 79.2 Å². The highest BCUT2D eigenvalue weighted by atomic mass is 79.9. The normalized spacial score (nSPS) is 11.0. The van der Waals surface area contributed by atoms with Gasteiger partial charge in [-0.2, -0.15) is 0 Å². The minimum atomic E-state index is 0.774. The zero-order valence-electron chi connectivity index (χ0n) is 15.4. The minimum Gasteiger partial charge on any atom is -0.493 e. The van der Waals surface area contributed by atoms with Crippen LogP contribution in [0.15, 0.2) is 36.4 Å². The van der Waals surface area contributed by atoms with Gasteiger partial charge in [0.1, 0.15) is 11.5 Å². The Kier molecular flexibility index (Phi) is 9.79. The van der Waals surface area contributed by atoms with Crippen molar-refractivity contribution < 1.29 is 9.47 Å². The van der Waals surface area contributed by atoms with Gasteiger partial charge in [-0.3, -0.25) is 0 Å². The third-order valence-corrected chi connectivity index (χ3v) is 4.95. The van der Waals surface area contributed by atoms with E-state index in [1.54, 1.807) is 0 Å². The fraction of sp³-hybridized carbons (Fsp3) is 0.545. The summed E-state index contributed by atoms with van der Waals surface area (Å²) in [5, 5.41) is 3.42. The second-order valence-corrected chi connectivity index (χ2v) is 7.26. The number of benzene rings is 2. The SMILES string of the molecule is CCCCOc1ccc(OCCCCCCCCBr)c2ccccc12. The van der Waals surface area contributed by atoms with E-state index in [-0.39, 0.29) is 0 Å². The van der Waals surface area contributed by atoms with Crippen LogP contribution >= 0.6 is 15.9 Å². The smallest absolute Gasteiger partial charge is 0.127 e. The van der Waals surface area contributed by atoms with Crippen LogP contribution in [0.25, 0.3) is 10.8 Å². The fourth-order valence-corrected chi connectivity index (χ4v) is 3.30. The Labute approximate surface area is 161 Å². The van der Waals surface area contributed by atoms with Gasteiger partial charge >= 0.3 is 0 Å². The summed E-state index contributed by atoms with van der Waals surface area (Å²) in [6.07, 6.45) is 9.86. The molecule has 0 aliphatic rings. The lowest BCUT2D eigenvalue weighted by atomic mass is 10.1. The molecule has 0 amide bonds. The summed E-state index contributed by atoms with van der Waals surface area (Å²) in [6.45, 7) is 3.74. The maximum Gasteiger partial charge on any atom is 0.127 e. The molecule has 0 aliphatic heterocycles. The number of fused-ring (bicyclic) bond motifs is 1. The van der Waals surface area contributed by atoms with Crippen LogP contribution in [0.3, 0.4) is 0 Å². The monoisotopic (exact) mass is 406 g/mol. The van der Waals surface area contributed by atoms with Crippen LogP contribution in [-0.2, 0) is 0 Å². The Morgan fingerprint density at radius 3 is 1.76 bits per heavy atom. The summed E-state index contributed by atoms with van der Waals surface area (Å²) in [7, 11) is 0. The highest BCUT2D eigenvalue weighted by Crippen LogP contribution is 2.33. The van der Waals surface area contributed by atoms with Gasteiger partial charge in [-0.05, 0) is 31.4 Å². The molecule has 138 valence electrons. The number of halogens is 1. The van der Waals surface area contributed by atoms with E-state index in [1.165, 1.54) is 32.1 Å². The molecular weight excluding hydrogens is 376 g/mol. The summed E-state index contributed by atoms with van der Waals surface area (Å²) in [5.74, 6) is 1.93. The molecule has 0 atom stereocenters. The second kappa shape index (κ2) is 12.2. The van der Waals surface area contributed by atoms with Crippen molar-refractivity contribution in [3.05, 3.63) is 36.4 Å². The molecule has 0 heterocycles. The van der Waals surface area contributed by atoms with Crippen LogP contribution in [0.4, 0.5) is 0 Å². The van der Waals surface area contributed by atoms with Crippen molar-refractivity contribution in [2.75, 3.05) is 18.5 Å². The third kappa shape index (κ3) is 6.89. The lowest BCUT2D eigenvalue weighted by Crippen LogP contribution is -2.00. The third-order valence-electron chi connectivity index (χ3n) is 4.39. The summed E-state index contributed by atoms with van der Waals surface area (Å²) < 4.78 is 12.0. The molecule has 3 heteroatoms. The summed E-state index contributed by atoms with van der Waals surface area (Å²) >= 11 is 3.48. The summed E-state index contributed by atoms with van der Waals surface area (Å²) in [4.78, 5) is 0. The standard InChI is InChI=1S/C22H31BrO2/c1-2-3-17-24-21-14-15-22(20-13-9-8-12-19(20)21)25-18-11-7-5-4-6-10-16-23/h8-9,12-15H,2-7,10-11,16-18H2,1H3. The van der Waals surface area contributed by atoms with Gasteiger partial charge in [-0.25, -0.2) is 0 Å². The predicted octanol–water partition coefficient (Wildman–Crippen LogP) is 7.13. The first-order valence-electron chi connectivity index (χ1n) is 9.70. The highest BCUT2D eigenvalue weighted by Gasteiger charge is 2.07. The van der Waals surface area contributed by atoms with Crippen molar-refractivity contribution in [1.82, 2.24) is 0 Å². The molecule has 0 spiro atoms. The molecular formula is C22H31BrO2. The fourth-order valence-electron chi connectivity index (χ4n) is 2.91. The largest absolute Gasteiger partial charge is 0.493 e. The van der Waals surface area contributed by atoms with Crippen molar-refractivity contribution >= 4 is 26.7 Å². The van der Waals surface area contributed by atoms with Crippen LogP contribution in [0.2, 0.25) is 0 Å². The van der Waals surface area contributed by atoms with Gasteiger partial charge in [0.15, 0.2) is 0 Å². The van der Waals surface area contributed by atoms with Gasteiger partial charge in [-0.15, -0.1) is 0 Å². The van der Waals surface area contributed by atoms with Crippen LogP contribution in [0.1, 0.15) is 58.3 Å². The van der Waals surface area contributed by atoms with Crippen molar-refractivity contribution in [2.45, 2.75) is 58.3 Å². The Balaban J connectivity index is 1.85. The first-order valence-corrected chi connectivity index (χ1v) is 10.8. The van der Waals surface area contributed by atoms with E-state index in [0.29, 0.717) is 0 Å². The zero-order chi connectivity index (χ0) is 17.7. The van der Waals surface area contributed by atoms with E-state index in [9.17, 15) is 0 Å². The van der Waals surface area contributed by atoms with E-state index in [1.807, 2.05) is 6.07 Å². The topological polar surface area (TPSA) is 18.5 Å². The molecule has 2 aromatic rings. The molecule has 2 rings (SSSR count). The van der Waals surface area contributed by atoms with Crippen LogP contribution < -0.4 is 9.47 Å². The maximum absolute atomic E-state index is 6.06. The van der Waals surface area contributed by atoms with Crippen LogP contribution in [-0.4, -0.2) is 18.5 Å². The molecule has 25 heavy (non-hydrogen) atoms. The van der Waals surface area contributed by atoms with E-state index >= 15 is 0 Å². The molecule has 0 bridgehead atoms. The molecule has 0 aliphatic carbocycles. The number of alkyl halides is 1. The molecule has 0 unspecified atom stereocenters.